The first-order valence-corrected chi connectivity index (χ1v) is 11.0. The quantitative estimate of drug-likeness (QED) is 0.380. The lowest BCUT2D eigenvalue weighted by molar-refractivity contribution is -0.116. The molecule has 2 aromatic heterocycles. The Kier molecular flexibility index (Phi) is 7.96. The standard InChI is InChI=1S/C21H17FN2O3S.C2H6N2O/c1-12(27-16-6-7-18(23-10-16)21(26)13-2-3-13)20-9-19(24-28-20)14-4-5-15(11-25)17(22)8-14;3-1-2(4)5/h4-13H,2-3H2,1H3;1,3H2,(H2,4,5). The smallest absolute Gasteiger partial charge is 0.231 e. The second kappa shape index (κ2) is 10.9. The molecule has 172 valence electrons. The molecule has 1 aliphatic carbocycles. The van der Waals surface area contributed by atoms with Crippen molar-refractivity contribution in [1.29, 1.82) is 0 Å². The van der Waals surface area contributed by atoms with Gasteiger partial charge in [0.25, 0.3) is 0 Å². The normalized spacial score (nSPS) is 13.4. The molecule has 1 aromatic carbocycles. The summed E-state index contributed by atoms with van der Waals surface area (Å²) in [5.74, 6) is -0.238. The maximum absolute atomic E-state index is 13.8. The number of Topliss-reactive ketones (excluding diaryl/α,β-unsaturated/α-hetero) is 1. The molecule has 0 saturated heterocycles. The number of carbonyl (C=O) groups excluding carboxylic acids is 3. The second-order valence-electron chi connectivity index (χ2n) is 7.42. The van der Waals surface area contributed by atoms with Gasteiger partial charge in [0.2, 0.25) is 5.91 Å². The van der Waals surface area contributed by atoms with E-state index in [-0.39, 0.29) is 29.9 Å². The maximum atomic E-state index is 13.8. The topological polar surface area (TPSA) is 138 Å². The van der Waals surface area contributed by atoms with E-state index in [1.807, 2.05) is 13.0 Å². The van der Waals surface area contributed by atoms with Crippen molar-refractivity contribution in [1.82, 2.24) is 9.36 Å². The van der Waals surface area contributed by atoms with Gasteiger partial charge in [0.05, 0.1) is 28.9 Å². The molecule has 8 nitrogen and oxygen atoms in total. The molecule has 0 spiro atoms. The zero-order valence-corrected chi connectivity index (χ0v) is 18.7. The zero-order chi connectivity index (χ0) is 24.0. The third kappa shape index (κ3) is 6.50. The molecule has 3 aromatic rings. The fourth-order valence-electron chi connectivity index (χ4n) is 2.81. The molecule has 0 radical (unpaired) electrons. The molecule has 1 amide bonds. The van der Waals surface area contributed by atoms with Gasteiger partial charge in [-0.25, -0.2) is 9.37 Å². The van der Waals surface area contributed by atoms with Crippen LogP contribution in [0.5, 0.6) is 5.75 Å². The number of nitrogens with two attached hydrogens (primary N) is 2. The summed E-state index contributed by atoms with van der Waals surface area (Å²) in [4.78, 5) is 37.3. The molecule has 1 unspecified atom stereocenters. The van der Waals surface area contributed by atoms with Gasteiger partial charge in [0.1, 0.15) is 23.4 Å². The number of ether oxygens (including phenoxy) is 1. The van der Waals surface area contributed by atoms with Crippen molar-refractivity contribution in [3.05, 3.63) is 64.5 Å². The summed E-state index contributed by atoms with van der Waals surface area (Å²) >= 11 is 1.27. The predicted molar refractivity (Wildman–Crippen MR) is 121 cm³/mol. The van der Waals surface area contributed by atoms with Crippen molar-refractivity contribution >= 4 is 29.5 Å². The van der Waals surface area contributed by atoms with Crippen LogP contribution in [0.15, 0.2) is 42.6 Å². The predicted octanol–water partition coefficient (Wildman–Crippen LogP) is 3.32. The van der Waals surface area contributed by atoms with Gasteiger partial charge in [-0.15, -0.1) is 0 Å². The van der Waals surface area contributed by atoms with Crippen LogP contribution in [0.1, 0.15) is 51.6 Å². The Morgan fingerprint density at radius 2 is 2.00 bits per heavy atom. The lowest BCUT2D eigenvalue weighted by Crippen LogP contribution is -2.21. The molecule has 0 aliphatic heterocycles. The van der Waals surface area contributed by atoms with Crippen LogP contribution in [0.2, 0.25) is 0 Å². The largest absolute Gasteiger partial charge is 0.484 e. The maximum Gasteiger partial charge on any atom is 0.231 e. The monoisotopic (exact) mass is 470 g/mol. The van der Waals surface area contributed by atoms with Gasteiger partial charge in [-0.3, -0.25) is 14.4 Å². The van der Waals surface area contributed by atoms with Crippen LogP contribution in [-0.4, -0.2) is 33.9 Å². The Bertz CT molecular complexity index is 1150. The summed E-state index contributed by atoms with van der Waals surface area (Å²) in [5, 5.41) is 0. The Hall–Kier alpha value is -3.50. The van der Waals surface area contributed by atoms with Crippen molar-refractivity contribution in [2.24, 2.45) is 17.4 Å². The average molecular weight is 471 g/mol. The number of pyridine rings is 1. The van der Waals surface area contributed by atoms with Gasteiger partial charge in [-0.05, 0) is 61.6 Å². The number of halogens is 1. The fourth-order valence-corrected chi connectivity index (χ4v) is 3.53. The number of rotatable bonds is 8. The summed E-state index contributed by atoms with van der Waals surface area (Å²) in [6.45, 7) is 1.83. The van der Waals surface area contributed by atoms with E-state index in [0.29, 0.717) is 29.0 Å². The molecule has 1 fully saturated rings. The van der Waals surface area contributed by atoms with Crippen LogP contribution in [0.4, 0.5) is 4.39 Å². The first-order chi connectivity index (χ1) is 15.8. The summed E-state index contributed by atoms with van der Waals surface area (Å²) in [5.41, 5.74) is 10.9. The van der Waals surface area contributed by atoms with Gasteiger partial charge in [-0.1, -0.05) is 6.07 Å². The number of aromatic nitrogens is 2. The highest BCUT2D eigenvalue weighted by atomic mass is 32.1. The number of ketones is 1. The van der Waals surface area contributed by atoms with E-state index < -0.39 is 11.7 Å². The highest BCUT2D eigenvalue weighted by molar-refractivity contribution is 7.06. The Balaban J connectivity index is 0.000000555. The van der Waals surface area contributed by atoms with Crippen molar-refractivity contribution in [2.75, 3.05) is 6.54 Å². The van der Waals surface area contributed by atoms with Crippen molar-refractivity contribution in [2.45, 2.75) is 25.9 Å². The zero-order valence-electron chi connectivity index (χ0n) is 17.9. The molecule has 10 heteroatoms. The van der Waals surface area contributed by atoms with Crippen molar-refractivity contribution in [3.8, 4) is 17.0 Å². The lowest BCUT2D eigenvalue weighted by atomic mass is 10.1. The molecule has 0 bridgehead atoms. The van der Waals surface area contributed by atoms with Gasteiger partial charge in [0.15, 0.2) is 12.1 Å². The van der Waals surface area contributed by atoms with E-state index in [1.165, 1.54) is 23.7 Å². The summed E-state index contributed by atoms with van der Waals surface area (Å²) in [7, 11) is 0. The summed E-state index contributed by atoms with van der Waals surface area (Å²) in [6.07, 6.45) is 3.66. The van der Waals surface area contributed by atoms with E-state index in [4.69, 9.17) is 10.5 Å². The van der Waals surface area contributed by atoms with Crippen molar-refractivity contribution in [3.63, 3.8) is 0 Å². The lowest BCUT2D eigenvalue weighted by Gasteiger charge is -2.12. The number of primary amides is 1. The van der Waals surface area contributed by atoms with E-state index in [2.05, 4.69) is 15.1 Å². The van der Waals surface area contributed by atoms with Gasteiger partial charge in [-0.2, -0.15) is 4.37 Å². The van der Waals surface area contributed by atoms with E-state index in [1.54, 1.807) is 24.4 Å². The summed E-state index contributed by atoms with van der Waals surface area (Å²) < 4.78 is 24.1. The molecule has 1 aliphatic rings. The van der Waals surface area contributed by atoms with Crippen molar-refractivity contribution < 1.29 is 23.5 Å². The number of carbonyl (C=O) groups is 3. The van der Waals surface area contributed by atoms with E-state index >= 15 is 0 Å². The highest BCUT2D eigenvalue weighted by Crippen LogP contribution is 2.33. The molecular weight excluding hydrogens is 447 g/mol. The van der Waals surface area contributed by atoms with Crippen LogP contribution in [0, 0.1) is 11.7 Å². The molecule has 4 N–H and O–H groups in total. The van der Waals surface area contributed by atoms with Gasteiger partial charge in [0, 0.05) is 11.5 Å². The van der Waals surface area contributed by atoms with Crippen LogP contribution in [0.25, 0.3) is 11.3 Å². The number of aldehydes is 1. The Morgan fingerprint density at radius 1 is 1.27 bits per heavy atom. The third-order valence-electron chi connectivity index (χ3n) is 4.80. The number of amides is 1. The number of hydrogen-bond acceptors (Lipinski definition) is 8. The molecule has 4 rings (SSSR count). The highest BCUT2D eigenvalue weighted by Gasteiger charge is 2.31. The first kappa shape index (κ1) is 24.1. The molecule has 1 saturated carbocycles. The van der Waals surface area contributed by atoms with Crippen LogP contribution >= 0.6 is 11.5 Å². The minimum atomic E-state index is -0.571. The van der Waals surface area contributed by atoms with Crippen LogP contribution in [-0.2, 0) is 4.79 Å². The number of benzene rings is 1. The van der Waals surface area contributed by atoms with E-state index in [9.17, 15) is 18.8 Å². The number of hydrogen-bond donors (Lipinski definition) is 2. The van der Waals surface area contributed by atoms with Gasteiger partial charge >= 0.3 is 0 Å². The van der Waals surface area contributed by atoms with E-state index in [0.717, 1.165) is 17.7 Å². The molecule has 33 heavy (non-hydrogen) atoms. The second-order valence-corrected chi connectivity index (χ2v) is 8.25. The fraction of sp³-hybridized carbons (Fsp3) is 0.261. The Morgan fingerprint density at radius 3 is 2.55 bits per heavy atom. The average Bonchev–Trinajstić information content (AvgIpc) is 3.55. The third-order valence-corrected chi connectivity index (χ3v) is 5.75. The Labute approximate surface area is 193 Å². The molecular formula is C23H23FN4O4S. The minimum absolute atomic E-state index is 0.0204. The minimum Gasteiger partial charge on any atom is -0.484 e. The van der Waals surface area contributed by atoms with Crippen LogP contribution < -0.4 is 16.2 Å². The summed E-state index contributed by atoms with van der Waals surface area (Å²) in [6, 6.07) is 9.67. The first-order valence-electron chi connectivity index (χ1n) is 10.2. The van der Waals surface area contributed by atoms with Crippen LogP contribution in [0.3, 0.4) is 0 Å². The molecule has 2 heterocycles. The number of nitrogens with zero attached hydrogens (tertiary/aromatic N) is 2. The SMILES string of the molecule is CC(Oc1ccc(C(=O)C2CC2)nc1)c1cc(-c2ccc(C=O)c(F)c2)ns1.NCC(N)=O. The van der Waals surface area contributed by atoms with Gasteiger partial charge < -0.3 is 16.2 Å². The molecule has 1 atom stereocenters.